The lowest BCUT2D eigenvalue weighted by Crippen LogP contribution is -2.14. The zero-order valence-electron chi connectivity index (χ0n) is 11.4. The van der Waals surface area contributed by atoms with Gasteiger partial charge in [0.05, 0.1) is 17.6 Å². The van der Waals surface area contributed by atoms with E-state index in [1.165, 1.54) is 12.3 Å². The molecule has 0 saturated heterocycles. The fraction of sp³-hybridized carbons (Fsp3) is 0.385. The Morgan fingerprint density at radius 3 is 2.45 bits per heavy atom. The summed E-state index contributed by atoms with van der Waals surface area (Å²) < 4.78 is 39.1. The highest BCUT2D eigenvalue weighted by atomic mass is 19.4. The molecule has 0 radical (unpaired) electrons. The Morgan fingerprint density at radius 1 is 1.25 bits per heavy atom. The van der Waals surface area contributed by atoms with E-state index in [9.17, 15) is 13.2 Å². The number of aryl methyl sites for hydroxylation is 1. The number of nitrogens with one attached hydrogen (secondary N) is 1. The topological polar surface area (TPSA) is 42.7 Å². The van der Waals surface area contributed by atoms with E-state index in [4.69, 9.17) is 0 Å². The quantitative estimate of drug-likeness (QED) is 0.939. The number of imidazole rings is 1. The van der Waals surface area contributed by atoms with Crippen LogP contribution in [0.5, 0.6) is 0 Å². The molecule has 0 aromatic carbocycles. The van der Waals surface area contributed by atoms with Crippen molar-refractivity contribution in [2.24, 2.45) is 0 Å². The van der Waals surface area contributed by atoms with Gasteiger partial charge in [-0.1, -0.05) is 0 Å². The number of alkyl halides is 3. The molecule has 0 spiro atoms. The molecule has 0 amide bonds. The van der Waals surface area contributed by atoms with Gasteiger partial charge in [0, 0.05) is 12.2 Å². The first kappa shape index (κ1) is 14.4. The molecule has 108 valence electrons. The molecule has 0 bridgehead atoms. The molecule has 0 saturated carbocycles. The summed E-state index contributed by atoms with van der Waals surface area (Å²) in [4.78, 5) is 7.75. The van der Waals surface area contributed by atoms with Crippen LogP contribution in [0.25, 0.3) is 5.69 Å². The molecule has 7 heteroatoms. The van der Waals surface area contributed by atoms with Crippen LogP contribution in [0.3, 0.4) is 0 Å². The Labute approximate surface area is 114 Å². The number of hydrogen-bond donors (Lipinski definition) is 1. The van der Waals surface area contributed by atoms with Crippen LogP contribution in [0.2, 0.25) is 0 Å². The number of aromatic nitrogens is 3. The largest absolute Gasteiger partial charge is 0.433 e. The normalized spacial score (nSPS) is 11.9. The number of pyridine rings is 1. The summed E-state index contributed by atoms with van der Waals surface area (Å²) in [6.45, 7) is 5.73. The smallest absolute Gasteiger partial charge is 0.353 e. The van der Waals surface area contributed by atoms with Gasteiger partial charge >= 0.3 is 6.18 Å². The zero-order valence-corrected chi connectivity index (χ0v) is 11.4. The van der Waals surface area contributed by atoms with Crippen LogP contribution in [-0.4, -0.2) is 20.6 Å². The minimum atomic E-state index is -4.43. The van der Waals surface area contributed by atoms with Crippen molar-refractivity contribution in [2.75, 3.05) is 5.32 Å². The number of hydrogen-bond acceptors (Lipinski definition) is 3. The van der Waals surface area contributed by atoms with Gasteiger partial charge in [0.15, 0.2) is 0 Å². The number of halogens is 3. The van der Waals surface area contributed by atoms with Crippen LogP contribution < -0.4 is 5.32 Å². The Morgan fingerprint density at radius 2 is 1.95 bits per heavy atom. The first-order valence-electron chi connectivity index (χ1n) is 6.13. The second kappa shape index (κ2) is 5.15. The van der Waals surface area contributed by atoms with E-state index in [1.807, 2.05) is 20.8 Å². The van der Waals surface area contributed by atoms with E-state index in [0.29, 0.717) is 11.6 Å². The molecule has 0 aliphatic carbocycles. The molecule has 0 fully saturated rings. The van der Waals surface area contributed by atoms with Crippen molar-refractivity contribution >= 4 is 5.95 Å². The number of rotatable bonds is 3. The van der Waals surface area contributed by atoms with Crippen molar-refractivity contribution in [3.05, 3.63) is 35.9 Å². The van der Waals surface area contributed by atoms with Crippen molar-refractivity contribution in [1.29, 1.82) is 0 Å². The molecule has 0 aliphatic heterocycles. The van der Waals surface area contributed by atoms with Gasteiger partial charge in [0.25, 0.3) is 0 Å². The summed E-state index contributed by atoms with van der Waals surface area (Å²) in [6.07, 6.45) is -1.49. The molecular formula is C13H15F3N4. The van der Waals surface area contributed by atoms with Gasteiger partial charge in [-0.3, -0.25) is 4.57 Å². The lowest BCUT2D eigenvalue weighted by Gasteiger charge is -2.12. The van der Waals surface area contributed by atoms with Crippen molar-refractivity contribution in [3.63, 3.8) is 0 Å². The number of nitrogens with zero attached hydrogens (tertiary/aromatic N) is 3. The van der Waals surface area contributed by atoms with E-state index in [0.717, 1.165) is 11.8 Å². The fourth-order valence-electron chi connectivity index (χ4n) is 1.75. The third-order valence-electron chi connectivity index (χ3n) is 2.56. The summed E-state index contributed by atoms with van der Waals surface area (Å²) in [5, 5.41) is 3.14. The van der Waals surface area contributed by atoms with Gasteiger partial charge in [-0.2, -0.15) is 13.2 Å². The van der Waals surface area contributed by atoms with Gasteiger partial charge in [0.1, 0.15) is 5.69 Å². The Balaban J connectivity index is 2.36. The SMILES string of the molecule is Cc1cn(-c2ccc(C(F)(F)F)nc2)c(NC(C)C)n1. The molecular weight excluding hydrogens is 269 g/mol. The molecule has 20 heavy (non-hydrogen) atoms. The third-order valence-corrected chi connectivity index (χ3v) is 2.56. The summed E-state index contributed by atoms with van der Waals surface area (Å²) in [7, 11) is 0. The average molecular weight is 284 g/mol. The minimum Gasteiger partial charge on any atom is -0.353 e. The second-order valence-electron chi connectivity index (χ2n) is 4.77. The van der Waals surface area contributed by atoms with Crippen LogP contribution in [0, 0.1) is 6.92 Å². The molecule has 0 atom stereocenters. The van der Waals surface area contributed by atoms with Gasteiger partial charge in [-0.25, -0.2) is 9.97 Å². The molecule has 1 N–H and O–H groups in total. The maximum absolute atomic E-state index is 12.5. The molecule has 0 aliphatic rings. The highest BCUT2D eigenvalue weighted by Crippen LogP contribution is 2.28. The molecule has 2 aromatic heterocycles. The Kier molecular flexibility index (Phi) is 3.69. The van der Waals surface area contributed by atoms with E-state index >= 15 is 0 Å². The summed E-state index contributed by atoms with van der Waals surface area (Å²) in [5.74, 6) is 0.582. The Hall–Kier alpha value is -2.05. The van der Waals surface area contributed by atoms with Crippen molar-refractivity contribution in [3.8, 4) is 5.69 Å². The van der Waals surface area contributed by atoms with Crippen LogP contribution in [-0.2, 0) is 6.18 Å². The van der Waals surface area contributed by atoms with Crippen LogP contribution >= 0.6 is 0 Å². The summed E-state index contributed by atoms with van der Waals surface area (Å²) >= 11 is 0. The van der Waals surface area contributed by atoms with Gasteiger partial charge in [-0.15, -0.1) is 0 Å². The highest BCUT2D eigenvalue weighted by molar-refractivity contribution is 5.42. The van der Waals surface area contributed by atoms with Crippen LogP contribution in [0.15, 0.2) is 24.5 Å². The molecule has 4 nitrogen and oxygen atoms in total. The molecule has 2 aromatic rings. The predicted octanol–water partition coefficient (Wildman–Crippen LogP) is 3.41. The van der Waals surface area contributed by atoms with Crippen LogP contribution in [0.4, 0.5) is 19.1 Å². The lowest BCUT2D eigenvalue weighted by atomic mass is 10.3. The maximum Gasteiger partial charge on any atom is 0.433 e. The van der Waals surface area contributed by atoms with Crippen molar-refractivity contribution in [2.45, 2.75) is 33.0 Å². The zero-order chi connectivity index (χ0) is 14.9. The van der Waals surface area contributed by atoms with Crippen LogP contribution in [0.1, 0.15) is 25.2 Å². The predicted molar refractivity (Wildman–Crippen MR) is 69.9 cm³/mol. The monoisotopic (exact) mass is 284 g/mol. The number of anilines is 1. The van der Waals surface area contributed by atoms with E-state index in [1.54, 1.807) is 10.8 Å². The van der Waals surface area contributed by atoms with E-state index in [2.05, 4.69) is 15.3 Å². The molecule has 2 heterocycles. The first-order chi connectivity index (χ1) is 9.27. The van der Waals surface area contributed by atoms with E-state index < -0.39 is 11.9 Å². The standard InChI is InChI=1S/C13H15F3N4/c1-8(2)18-12-19-9(3)7-20(12)10-4-5-11(17-6-10)13(14,15)16/h4-8H,1-3H3,(H,18,19). The first-order valence-corrected chi connectivity index (χ1v) is 6.13. The van der Waals surface area contributed by atoms with Gasteiger partial charge < -0.3 is 5.32 Å². The summed E-state index contributed by atoms with van der Waals surface area (Å²) in [5.41, 5.74) is 0.395. The third kappa shape index (κ3) is 3.09. The van der Waals surface area contributed by atoms with E-state index in [-0.39, 0.29) is 6.04 Å². The fourth-order valence-corrected chi connectivity index (χ4v) is 1.75. The minimum absolute atomic E-state index is 0.165. The summed E-state index contributed by atoms with van der Waals surface area (Å²) in [6, 6.07) is 2.50. The highest BCUT2D eigenvalue weighted by Gasteiger charge is 2.32. The van der Waals surface area contributed by atoms with Gasteiger partial charge in [-0.05, 0) is 32.9 Å². The van der Waals surface area contributed by atoms with Crippen molar-refractivity contribution < 1.29 is 13.2 Å². The lowest BCUT2D eigenvalue weighted by molar-refractivity contribution is -0.141. The Bertz CT molecular complexity index is 585. The maximum atomic E-state index is 12.5. The van der Waals surface area contributed by atoms with Crippen molar-refractivity contribution in [1.82, 2.24) is 14.5 Å². The molecule has 2 rings (SSSR count). The second-order valence-corrected chi connectivity index (χ2v) is 4.77. The average Bonchev–Trinajstić information content (AvgIpc) is 2.68. The van der Waals surface area contributed by atoms with Gasteiger partial charge in [0.2, 0.25) is 5.95 Å². The molecule has 0 unspecified atom stereocenters.